The summed E-state index contributed by atoms with van der Waals surface area (Å²) in [6.07, 6.45) is 1.26. The van der Waals surface area contributed by atoms with E-state index in [1.807, 2.05) is 0 Å². The maximum Gasteiger partial charge on any atom is 0.393 e. The van der Waals surface area contributed by atoms with E-state index in [4.69, 9.17) is 0 Å². The van der Waals surface area contributed by atoms with Crippen LogP contribution in [0.3, 0.4) is 0 Å². The Kier molecular flexibility index (Phi) is 5.80. The zero-order chi connectivity index (χ0) is 21.3. The van der Waals surface area contributed by atoms with Gasteiger partial charge in [0.15, 0.2) is 0 Å². The van der Waals surface area contributed by atoms with Gasteiger partial charge in [0, 0.05) is 37.6 Å². The van der Waals surface area contributed by atoms with Gasteiger partial charge in [-0.1, -0.05) is 0 Å². The maximum absolute atomic E-state index is 13.7. The van der Waals surface area contributed by atoms with Gasteiger partial charge in [-0.25, -0.2) is 0 Å². The molecule has 1 saturated heterocycles. The van der Waals surface area contributed by atoms with E-state index >= 15 is 0 Å². The molecule has 1 saturated carbocycles. The minimum Gasteiger partial charge on any atom is -0.393 e. The quantitative estimate of drug-likeness (QED) is 0.795. The molecule has 4 rings (SSSR count). The highest BCUT2D eigenvalue weighted by Gasteiger charge is 2.45. The Balaban J connectivity index is 1.62. The first kappa shape index (κ1) is 20.8. The molecule has 9 heteroatoms. The number of anilines is 1. The summed E-state index contributed by atoms with van der Waals surface area (Å²) in [5.74, 6) is -1.46. The van der Waals surface area contributed by atoms with Gasteiger partial charge in [0.1, 0.15) is 17.1 Å². The van der Waals surface area contributed by atoms with Crippen molar-refractivity contribution in [2.75, 3.05) is 18.0 Å². The second kappa shape index (κ2) is 8.36. The van der Waals surface area contributed by atoms with Gasteiger partial charge in [0.2, 0.25) is 0 Å². The standard InChI is InChI=1S/C21H24F3N5O/c22-21(23,24)14-9-16(28-15-2-4-17(30)5-3-15)12-29(11-14)18-6-1-13(10-25)19-20(18)27-8-7-26-19/h1,6-8,14-17,28,30H,2-5,9,11-12H2. The molecule has 2 aromatic rings. The first-order valence-electron chi connectivity index (χ1n) is 10.2. The highest BCUT2D eigenvalue weighted by Crippen LogP contribution is 2.37. The number of nitriles is 1. The first-order chi connectivity index (χ1) is 14.3. The fraction of sp³-hybridized carbons (Fsp3) is 0.571. The number of aliphatic hydroxyl groups is 1. The third kappa shape index (κ3) is 4.35. The number of piperidine rings is 1. The van der Waals surface area contributed by atoms with Gasteiger partial charge in [0.25, 0.3) is 0 Å². The highest BCUT2D eigenvalue weighted by atomic mass is 19.4. The number of nitrogens with one attached hydrogen (secondary N) is 1. The van der Waals surface area contributed by atoms with Crippen LogP contribution in [-0.2, 0) is 0 Å². The molecule has 1 aromatic carbocycles. The average Bonchev–Trinajstić information content (AvgIpc) is 2.74. The molecular formula is C21H24F3N5O. The van der Waals surface area contributed by atoms with Crippen LogP contribution in [0.5, 0.6) is 0 Å². The van der Waals surface area contributed by atoms with Gasteiger partial charge >= 0.3 is 6.18 Å². The lowest BCUT2D eigenvalue weighted by Gasteiger charge is -2.42. The number of alkyl halides is 3. The lowest BCUT2D eigenvalue weighted by atomic mass is 9.89. The molecule has 30 heavy (non-hydrogen) atoms. The summed E-state index contributed by atoms with van der Waals surface area (Å²) in [4.78, 5) is 10.3. The van der Waals surface area contributed by atoms with Gasteiger partial charge in [-0.2, -0.15) is 18.4 Å². The molecule has 0 amide bonds. The monoisotopic (exact) mass is 419 g/mol. The summed E-state index contributed by atoms with van der Waals surface area (Å²) in [6, 6.07) is 5.12. The maximum atomic E-state index is 13.7. The van der Waals surface area contributed by atoms with Gasteiger partial charge in [-0.3, -0.25) is 9.97 Å². The first-order valence-corrected chi connectivity index (χ1v) is 10.2. The van der Waals surface area contributed by atoms with E-state index in [9.17, 15) is 23.5 Å². The molecule has 2 N–H and O–H groups in total. The van der Waals surface area contributed by atoms with Crippen molar-refractivity contribution in [2.24, 2.45) is 5.92 Å². The van der Waals surface area contributed by atoms with Gasteiger partial charge in [-0.05, 0) is 44.2 Å². The Bertz CT molecular complexity index is 936. The normalized spacial score (nSPS) is 27.8. The Morgan fingerprint density at radius 2 is 1.73 bits per heavy atom. The number of aromatic nitrogens is 2. The number of benzene rings is 1. The van der Waals surface area contributed by atoms with Crippen LogP contribution in [0.25, 0.3) is 11.0 Å². The van der Waals surface area contributed by atoms with E-state index in [2.05, 4.69) is 21.4 Å². The van der Waals surface area contributed by atoms with Crippen molar-refractivity contribution in [2.45, 2.75) is 56.5 Å². The third-order valence-electron chi connectivity index (χ3n) is 6.15. The van der Waals surface area contributed by atoms with E-state index in [-0.39, 0.29) is 31.2 Å². The SMILES string of the molecule is N#Cc1ccc(N2CC(NC3CCC(O)CC3)CC(C(F)(F)F)C2)c2nccnc12. The number of aliphatic hydroxyl groups excluding tert-OH is 1. The molecule has 0 spiro atoms. The van der Waals surface area contributed by atoms with Crippen molar-refractivity contribution in [1.82, 2.24) is 15.3 Å². The Morgan fingerprint density at radius 3 is 2.40 bits per heavy atom. The molecule has 2 fully saturated rings. The van der Waals surface area contributed by atoms with Crippen molar-refractivity contribution in [3.63, 3.8) is 0 Å². The molecule has 2 heterocycles. The Hall–Kier alpha value is -2.44. The Morgan fingerprint density at radius 1 is 1.03 bits per heavy atom. The number of hydrogen-bond donors (Lipinski definition) is 2. The number of halogens is 3. The smallest absolute Gasteiger partial charge is 0.393 e. The second-order valence-corrected chi connectivity index (χ2v) is 8.25. The minimum atomic E-state index is -4.30. The number of hydrogen-bond acceptors (Lipinski definition) is 6. The van der Waals surface area contributed by atoms with Gasteiger partial charge < -0.3 is 15.3 Å². The summed E-state index contributed by atoms with van der Waals surface area (Å²) < 4.78 is 41.1. The van der Waals surface area contributed by atoms with Crippen molar-refractivity contribution in [3.8, 4) is 6.07 Å². The Labute approximate surface area is 172 Å². The predicted octanol–water partition coefficient (Wildman–Crippen LogP) is 3.15. The zero-order valence-electron chi connectivity index (χ0n) is 16.4. The average molecular weight is 419 g/mol. The van der Waals surface area contributed by atoms with Crippen LogP contribution in [0.15, 0.2) is 24.5 Å². The number of nitrogens with zero attached hydrogens (tertiary/aromatic N) is 4. The molecule has 2 aliphatic rings. The van der Waals surface area contributed by atoms with E-state index in [1.54, 1.807) is 17.0 Å². The second-order valence-electron chi connectivity index (χ2n) is 8.25. The highest BCUT2D eigenvalue weighted by molar-refractivity contribution is 5.92. The summed E-state index contributed by atoms with van der Waals surface area (Å²) in [7, 11) is 0. The summed E-state index contributed by atoms with van der Waals surface area (Å²) >= 11 is 0. The van der Waals surface area contributed by atoms with Crippen molar-refractivity contribution in [3.05, 3.63) is 30.1 Å². The molecule has 0 radical (unpaired) electrons. The molecule has 1 aliphatic carbocycles. The third-order valence-corrected chi connectivity index (χ3v) is 6.15. The van der Waals surface area contributed by atoms with Crippen LogP contribution in [0.1, 0.15) is 37.7 Å². The van der Waals surface area contributed by atoms with Gasteiger partial charge in [0.05, 0.1) is 23.3 Å². The van der Waals surface area contributed by atoms with Crippen LogP contribution in [0.2, 0.25) is 0 Å². The fourth-order valence-electron chi connectivity index (χ4n) is 4.62. The number of fused-ring (bicyclic) bond motifs is 1. The van der Waals surface area contributed by atoms with Crippen LogP contribution in [0, 0.1) is 17.2 Å². The predicted molar refractivity (Wildman–Crippen MR) is 106 cm³/mol. The van der Waals surface area contributed by atoms with Crippen molar-refractivity contribution in [1.29, 1.82) is 5.26 Å². The molecule has 160 valence electrons. The largest absolute Gasteiger partial charge is 0.393 e. The van der Waals surface area contributed by atoms with E-state index in [0.29, 0.717) is 41.7 Å². The summed E-state index contributed by atoms with van der Waals surface area (Å²) in [6.45, 7) is 0.270. The molecule has 0 bridgehead atoms. The van der Waals surface area contributed by atoms with Crippen LogP contribution in [-0.4, -0.2) is 52.5 Å². The summed E-state index contributed by atoms with van der Waals surface area (Å²) in [5.41, 5.74) is 1.76. The lowest BCUT2D eigenvalue weighted by molar-refractivity contribution is -0.177. The van der Waals surface area contributed by atoms with E-state index in [1.165, 1.54) is 12.4 Å². The topological polar surface area (TPSA) is 85.1 Å². The molecule has 2 unspecified atom stereocenters. The van der Waals surface area contributed by atoms with Crippen LogP contribution < -0.4 is 10.2 Å². The lowest BCUT2D eigenvalue weighted by Crippen LogP contribution is -2.55. The minimum absolute atomic E-state index is 0.0267. The van der Waals surface area contributed by atoms with Gasteiger partial charge in [-0.15, -0.1) is 0 Å². The molecular weight excluding hydrogens is 395 g/mol. The van der Waals surface area contributed by atoms with E-state index < -0.39 is 12.1 Å². The van der Waals surface area contributed by atoms with Crippen molar-refractivity contribution < 1.29 is 18.3 Å². The molecule has 6 nitrogen and oxygen atoms in total. The van der Waals surface area contributed by atoms with Crippen LogP contribution >= 0.6 is 0 Å². The summed E-state index contributed by atoms with van der Waals surface area (Å²) in [5, 5.41) is 22.4. The van der Waals surface area contributed by atoms with E-state index in [0.717, 1.165) is 12.8 Å². The zero-order valence-corrected chi connectivity index (χ0v) is 16.4. The molecule has 2 atom stereocenters. The van der Waals surface area contributed by atoms with Crippen LogP contribution in [0.4, 0.5) is 18.9 Å². The molecule has 1 aliphatic heterocycles. The fourth-order valence-corrected chi connectivity index (χ4v) is 4.62. The van der Waals surface area contributed by atoms with Crippen molar-refractivity contribution >= 4 is 16.7 Å². The molecule has 1 aromatic heterocycles. The number of rotatable bonds is 3.